The summed E-state index contributed by atoms with van der Waals surface area (Å²) in [6.45, 7) is 3.21. The molecule has 0 atom stereocenters. The molecular weight excluding hydrogens is 291 g/mol. The van der Waals surface area contributed by atoms with E-state index >= 15 is 0 Å². The second kappa shape index (κ2) is 5.41. The summed E-state index contributed by atoms with van der Waals surface area (Å²) in [4.78, 5) is 12.5. The van der Waals surface area contributed by atoms with E-state index < -0.39 is 9.84 Å². The second-order valence-electron chi connectivity index (χ2n) is 5.05. The lowest BCUT2D eigenvalue weighted by atomic mass is 9.99. The summed E-state index contributed by atoms with van der Waals surface area (Å²) in [6.07, 6.45) is 1.11. The Labute approximate surface area is 123 Å². The molecule has 0 spiro atoms. The third-order valence-corrected chi connectivity index (χ3v) is 4.37. The van der Waals surface area contributed by atoms with E-state index in [1.54, 1.807) is 13.8 Å². The number of sulfone groups is 1. The molecule has 0 amide bonds. The minimum atomic E-state index is -3.29. The molecule has 0 aliphatic carbocycles. The first-order valence-electron chi connectivity index (χ1n) is 6.31. The highest BCUT2D eigenvalue weighted by Gasteiger charge is 2.14. The van der Waals surface area contributed by atoms with Crippen LogP contribution in [0.15, 0.2) is 41.3 Å². The van der Waals surface area contributed by atoms with E-state index in [9.17, 15) is 17.6 Å². The number of benzene rings is 2. The van der Waals surface area contributed by atoms with Crippen molar-refractivity contribution in [3.05, 3.63) is 64.5 Å². The molecule has 0 aliphatic rings. The van der Waals surface area contributed by atoms with Crippen molar-refractivity contribution < 1.29 is 17.6 Å². The SMILES string of the molecule is Cc1cc(C(=O)c2ccc(S(C)(=O)=O)cc2)cc(C)c1F. The molecule has 110 valence electrons. The predicted octanol–water partition coefficient (Wildman–Crippen LogP) is 3.08. The first kappa shape index (κ1) is 15.4. The lowest BCUT2D eigenvalue weighted by molar-refractivity contribution is 0.103. The van der Waals surface area contributed by atoms with Gasteiger partial charge in [0.15, 0.2) is 15.6 Å². The van der Waals surface area contributed by atoms with Gasteiger partial charge in [0.2, 0.25) is 0 Å². The van der Waals surface area contributed by atoms with Gasteiger partial charge in [-0.3, -0.25) is 4.79 Å². The van der Waals surface area contributed by atoms with Crippen molar-refractivity contribution in [2.24, 2.45) is 0 Å². The Balaban J connectivity index is 2.41. The van der Waals surface area contributed by atoms with Crippen LogP contribution >= 0.6 is 0 Å². The molecule has 0 saturated heterocycles. The molecule has 0 heterocycles. The molecule has 2 aromatic rings. The topological polar surface area (TPSA) is 51.2 Å². The van der Waals surface area contributed by atoms with E-state index in [0.717, 1.165) is 6.26 Å². The molecule has 2 aromatic carbocycles. The zero-order valence-electron chi connectivity index (χ0n) is 12.0. The predicted molar refractivity (Wildman–Crippen MR) is 78.9 cm³/mol. The average Bonchev–Trinajstić information content (AvgIpc) is 2.42. The van der Waals surface area contributed by atoms with Crippen LogP contribution in [0.1, 0.15) is 27.0 Å². The number of aryl methyl sites for hydroxylation is 2. The molecule has 2 rings (SSSR count). The number of carbonyl (C=O) groups is 1. The van der Waals surface area contributed by atoms with Crippen LogP contribution in [0.25, 0.3) is 0 Å². The fourth-order valence-electron chi connectivity index (χ4n) is 2.10. The van der Waals surface area contributed by atoms with E-state index in [1.807, 2.05) is 0 Å². The Kier molecular flexibility index (Phi) is 3.96. The van der Waals surface area contributed by atoms with Crippen LogP contribution in [-0.2, 0) is 9.84 Å². The van der Waals surface area contributed by atoms with E-state index in [4.69, 9.17) is 0 Å². The van der Waals surface area contributed by atoms with Crippen molar-refractivity contribution in [2.45, 2.75) is 18.7 Å². The van der Waals surface area contributed by atoms with Gasteiger partial charge in [0.05, 0.1) is 4.90 Å². The molecule has 0 bridgehead atoms. The van der Waals surface area contributed by atoms with Crippen LogP contribution in [0, 0.1) is 19.7 Å². The van der Waals surface area contributed by atoms with Crippen molar-refractivity contribution in [2.75, 3.05) is 6.26 Å². The van der Waals surface area contributed by atoms with E-state index in [0.29, 0.717) is 22.3 Å². The fourth-order valence-corrected chi connectivity index (χ4v) is 2.73. The van der Waals surface area contributed by atoms with Crippen LogP contribution in [0.4, 0.5) is 4.39 Å². The minimum absolute atomic E-state index is 0.158. The average molecular weight is 306 g/mol. The summed E-state index contributed by atoms with van der Waals surface area (Å²) in [7, 11) is -3.29. The molecule has 0 aliphatic heterocycles. The van der Waals surface area contributed by atoms with Crippen LogP contribution in [0.3, 0.4) is 0 Å². The number of ketones is 1. The summed E-state index contributed by atoms with van der Waals surface area (Å²) in [5.41, 5.74) is 1.57. The maximum Gasteiger partial charge on any atom is 0.193 e. The Morgan fingerprint density at radius 1 is 0.952 bits per heavy atom. The van der Waals surface area contributed by atoms with Crippen LogP contribution < -0.4 is 0 Å². The van der Waals surface area contributed by atoms with Crippen LogP contribution in [0.2, 0.25) is 0 Å². The maximum absolute atomic E-state index is 13.6. The lowest BCUT2D eigenvalue weighted by Gasteiger charge is -2.07. The highest BCUT2D eigenvalue weighted by atomic mass is 32.2. The van der Waals surface area contributed by atoms with Gasteiger partial charge in [-0.25, -0.2) is 12.8 Å². The van der Waals surface area contributed by atoms with Crippen LogP contribution in [0.5, 0.6) is 0 Å². The molecule has 0 aromatic heterocycles. The Hall–Kier alpha value is -2.01. The lowest BCUT2D eigenvalue weighted by Crippen LogP contribution is -2.05. The third-order valence-electron chi connectivity index (χ3n) is 3.24. The van der Waals surface area contributed by atoms with Crippen LogP contribution in [-0.4, -0.2) is 20.5 Å². The number of hydrogen-bond acceptors (Lipinski definition) is 3. The van der Waals surface area contributed by atoms with Crippen molar-refractivity contribution in [1.82, 2.24) is 0 Å². The standard InChI is InChI=1S/C16H15FO3S/c1-10-8-13(9-11(2)15(10)17)16(18)12-4-6-14(7-5-12)21(3,19)20/h4-9H,1-3H3. The van der Waals surface area contributed by atoms with Crippen molar-refractivity contribution in [1.29, 1.82) is 0 Å². The van der Waals surface area contributed by atoms with Crippen molar-refractivity contribution >= 4 is 15.6 Å². The summed E-state index contributed by atoms with van der Waals surface area (Å²) in [5, 5.41) is 0. The number of carbonyl (C=O) groups excluding carboxylic acids is 1. The highest BCUT2D eigenvalue weighted by molar-refractivity contribution is 7.90. The third kappa shape index (κ3) is 3.19. The molecule has 5 heteroatoms. The fraction of sp³-hybridized carbons (Fsp3) is 0.188. The van der Waals surface area contributed by atoms with Crippen molar-refractivity contribution in [3.63, 3.8) is 0 Å². The van der Waals surface area contributed by atoms with Gasteiger partial charge in [0.25, 0.3) is 0 Å². The van der Waals surface area contributed by atoms with Gasteiger partial charge in [0, 0.05) is 17.4 Å². The molecule has 0 N–H and O–H groups in total. The maximum atomic E-state index is 13.6. The smallest absolute Gasteiger partial charge is 0.193 e. The number of hydrogen-bond donors (Lipinski definition) is 0. The van der Waals surface area contributed by atoms with Gasteiger partial charge >= 0.3 is 0 Å². The molecule has 0 fully saturated rings. The zero-order valence-corrected chi connectivity index (χ0v) is 12.8. The monoisotopic (exact) mass is 306 g/mol. The largest absolute Gasteiger partial charge is 0.289 e. The first-order chi connectivity index (χ1) is 9.70. The number of rotatable bonds is 3. The molecular formula is C16H15FO3S. The molecule has 21 heavy (non-hydrogen) atoms. The Morgan fingerprint density at radius 3 is 1.86 bits per heavy atom. The summed E-state index contributed by atoms with van der Waals surface area (Å²) in [6, 6.07) is 8.71. The highest BCUT2D eigenvalue weighted by Crippen LogP contribution is 2.19. The molecule has 0 radical (unpaired) electrons. The molecule has 0 saturated carbocycles. The minimum Gasteiger partial charge on any atom is -0.289 e. The zero-order chi connectivity index (χ0) is 15.8. The van der Waals surface area contributed by atoms with Gasteiger partial charge in [-0.05, 0) is 61.4 Å². The van der Waals surface area contributed by atoms with E-state index in [2.05, 4.69) is 0 Å². The van der Waals surface area contributed by atoms with E-state index in [-0.39, 0.29) is 16.5 Å². The van der Waals surface area contributed by atoms with E-state index in [1.165, 1.54) is 36.4 Å². The molecule has 0 unspecified atom stereocenters. The van der Waals surface area contributed by atoms with Gasteiger partial charge in [-0.1, -0.05) is 0 Å². The number of halogens is 1. The Morgan fingerprint density at radius 2 is 1.43 bits per heavy atom. The van der Waals surface area contributed by atoms with Gasteiger partial charge in [-0.15, -0.1) is 0 Å². The first-order valence-corrected chi connectivity index (χ1v) is 8.21. The van der Waals surface area contributed by atoms with Crippen molar-refractivity contribution in [3.8, 4) is 0 Å². The van der Waals surface area contributed by atoms with Gasteiger partial charge < -0.3 is 0 Å². The van der Waals surface area contributed by atoms with Gasteiger partial charge in [0.1, 0.15) is 5.82 Å². The summed E-state index contributed by atoms with van der Waals surface area (Å²) >= 11 is 0. The normalized spacial score (nSPS) is 11.4. The summed E-state index contributed by atoms with van der Waals surface area (Å²) < 4.78 is 36.4. The summed E-state index contributed by atoms with van der Waals surface area (Å²) in [5.74, 6) is -0.583. The second-order valence-corrected chi connectivity index (χ2v) is 7.07. The van der Waals surface area contributed by atoms with Gasteiger partial charge in [-0.2, -0.15) is 0 Å². The quantitative estimate of drug-likeness (QED) is 0.819. The molecule has 3 nitrogen and oxygen atoms in total. The Bertz CT molecular complexity index is 783.